The van der Waals surface area contributed by atoms with E-state index in [9.17, 15) is 14.0 Å². The third-order valence-electron chi connectivity index (χ3n) is 4.58. The Morgan fingerprint density at radius 1 is 1.11 bits per heavy atom. The highest BCUT2D eigenvalue weighted by molar-refractivity contribution is 6.30. The van der Waals surface area contributed by atoms with E-state index in [1.165, 1.54) is 18.2 Å². The second kappa shape index (κ2) is 8.82. The fraction of sp³-hybridized carbons (Fsp3) is 0.238. The van der Waals surface area contributed by atoms with E-state index in [-0.39, 0.29) is 23.4 Å². The second-order valence-corrected chi connectivity index (χ2v) is 6.89. The van der Waals surface area contributed by atoms with Gasteiger partial charge in [-0.05, 0) is 42.7 Å². The Hall–Kier alpha value is -2.66. The van der Waals surface area contributed by atoms with Gasteiger partial charge in [-0.2, -0.15) is 0 Å². The number of piperidine rings is 1. The molecule has 0 unspecified atom stereocenters. The van der Waals surface area contributed by atoms with Gasteiger partial charge in [0, 0.05) is 30.1 Å². The van der Waals surface area contributed by atoms with E-state index in [0.29, 0.717) is 31.0 Å². The number of likely N-dealkylation sites (tertiary alicyclic amines) is 1. The molecular weight excluding hydrogens is 367 g/mol. The molecule has 0 radical (unpaired) electrons. The van der Waals surface area contributed by atoms with Crippen LogP contribution in [0.4, 0.5) is 10.1 Å². The SMILES string of the molecule is O=C(Nc1cc(Cl)ccc1F)C1CCN(C(=O)/C=C/c2ccccc2)CC1. The van der Waals surface area contributed by atoms with Crippen molar-refractivity contribution in [3.8, 4) is 0 Å². The number of amides is 2. The van der Waals surface area contributed by atoms with Crippen molar-refractivity contribution in [1.82, 2.24) is 4.90 Å². The number of nitrogens with one attached hydrogen (secondary N) is 1. The molecule has 0 bridgehead atoms. The normalized spacial score (nSPS) is 15.1. The van der Waals surface area contributed by atoms with Crippen LogP contribution in [0.3, 0.4) is 0 Å². The van der Waals surface area contributed by atoms with Gasteiger partial charge in [-0.1, -0.05) is 41.9 Å². The highest BCUT2D eigenvalue weighted by Crippen LogP contribution is 2.23. The maximum absolute atomic E-state index is 13.8. The molecule has 1 heterocycles. The van der Waals surface area contributed by atoms with Crippen molar-refractivity contribution in [2.24, 2.45) is 5.92 Å². The van der Waals surface area contributed by atoms with Crippen molar-refractivity contribution in [2.75, 3.05) is 18.4 Å². The highest BCUT2D eigenvalue weighted by atomic mass is 35.5. The molecule has 1 saturated heterocycles. The Morgan fingerprint density at radius 3 is 2.52 bits per heavy atom. The van der Waals surface area contributed by atoms with Crippen molar-refractivity contribution >= 4 is 35.2 Å². The number of carbonyl (C=O) groups is 2. The average molecular weight is 387 g/mol. The summed E-state index contributed by atoms with van der Waals surface area (Å²) in [6, 6.07) is 13.6. The second-order valence-electron chi connectivity index (χ2n) is 6.46. The van der Waals surface area contributed by atoms with Crippen LogP contribution in [0.2, 0.25) is 5.02 Å². The molecule has 1 N–H and O–H groups in total. The molecule has 2 aromatic carbocycles. The summed E-state index contributed by atoms with van der Waals surface area (Å²) in [6.07, 6.45) is 4.41. The van der Waals surface area contributed by atoms with E-state index in [0.717, 1.165) is 5.56 Å². The van der Waals surface area contributed by atoms with Crippen molar-refractivity contribution < 1.29 is 14.0 Å². The number of halogens is 2. The van der Waals surface area contributed by atoms with E-state index in [1.807, 2.05) is 30.3 Å². The molecule has 1 aliphatic rings. The lowest BCUT2D eigenvalue weighted by Gasteiger charge is -2.30. The third kappa shape index (κ3) is 5.17. The molecule has 4 nitrogen and oxygen atoms in total. The molecule has 27 heavy (non-hydrogen) atoms. The first-order valence-electron chi connectivity index (χ1n) is 8.81. The lowest BCUT2D eigenvalue weighted by atomic mass is 9.95. The van der Waals surface area contributed by atoms with Gasteiger partial charge in [0.05, 0.1) is 5.69 Å². The molecule has 3 rings (SSSR count). The lowest BCUT2D eigenvalue weighted by Crippen LogP contribution is -2.40. The summed E-state index contributed by atoms with van der Waals surface area (Å²) in [5.41, 5.74) is 1.04. The van der Waals surface area contributed by atoms with Gasteiger partial charge < -0.3 is 10.2 Å². The van der Waals surface area contributed by atoms with Gasteiger partial charge in [0.25, 0.3) is 0 Å². The first kappa shape index (κ1) is 19.1. The molecule has 0 aromatic heterocycles. The molecular formula is C21H20ClFN2O2. The van der Waals surface area contributed by atoms with Gasteiger partial charge in [0.1, 0.15) is 5.82 Å². The van der Waals surface area contributed by atoms with E-state index in [1.54, 1.807) is 17.1 Å². The van der Waals surface area contributed by atoms with Crippen molar-refractivity contribution in [2.45, 2.75) is 12.8 Å². The molecule has 1 aliphatic heterocycles. The smallest absolute Gasteiger partial charge is 0.246 e. The summed E-state index contributed by atoms with van der Waals surface area (Å²) in [5.74, 6) is -1.10. The van der Waals surface area contributed by atoms with Crippen LogP contribution in [0.15, 0.2) is 54.6 Å². The Kier molecular flexibility index (Phi) is 6.24. The summed E-state index contributed by atoms with van der Waals surface area (Å²) in [7, 11) is 0. The minimum absolute atomic E-state index is 0.0707. The van der Waals surface area contributed by atoms with Crippen LogP contribution in [-0.4, -0.2) is 29.8 Å². The number of benzene rings is 2. The minimum Gasteiger partial charge on any atom is -0.339 e. The predicted molar refractivity (Wildman–Crippen MR) is 105 cm³/mol. The van der Waals surface area contributed by atoms with Crippen LogP contribution in [0.25, 0.3) is 6.08 Å². The minimum atomic E-state index is -0.522. The third-order valence-corrected chi connectivity index (χ3v) is 4.82. The van der Waals surface area contributed by atoms with E-state index < -0.39 is 5.82 Å². The topological polar surface area (TPSA) is 49.4 Å². The van der Waals surface area contributed by atoms with Crippen molar-refractivity contribution in [1.29, 1.82) is 0 Å². The summed E-state index contributed by atoms with van der Waals surface area (Å²) < 4.78 is 13.8. The molecule has 140 valence electrons. The summed E-state index contributed by atoms with van der Waals surface area (Å²) in [4.78, 5) is 26.4. The molecule has 0 atom stereocenters. The van der Waals surface area contributed by atoms with Gasteiger partial charge in [-0.3, -0.25) is 9.59 Å². The number of nitrogens with zero attached hydrogens (tertiary/aromatic N) is 1. The Balaban J connectivity index is 1.52. The first-order chi connectivity index (χ1) is 13.0. The Bertz CT molecular complexity index is 847. The standard InChI is InChI=1S/C21H20ClFN2O2/c22-17-7-8-18(23)19(14-17)24-21(27)16-10-12-25(13-11-16)20(26)9-6-15-4-2-1-3-5-15/h1-9,14,16H,10-13H2,(H,24,27)/b9-6+. The van der Waals surface area contributed by atoms with Crippen molar-refractivity contribution in [3.05, 3.63) is 71.0 Å². The monoisotopic (exact) mass is 386 g/mol. The van der Waals surface area contributed by atoms with Gasteiger partial charge >= 0.3 is 0 Å². The average Bonchev–Trinajstić information content (AvgIpc) is 2.70. The van der Waals surface area contributed by atoms with Gasteiger partial charge in [-0.15, -0.1) is 0 Å². The first-order valence-corrected chi connectivity index (χ1v) is 9.18. The zero-order valence-corrected chi connectivity index (χ0v) is 15.5. The summed E-state index contributed by atoms with van der Waals surface area (Å²) in [5, 5.41) is 2.95. The maximum atomic E-state index is 13.8. The van der Waals surface area contributed by atoms with Crippen LogP contribution in [0.5, 0.6) is 0 Å². The largest absolute Gasteiger partial charge is 0.339 e. The van der Waals surface area contributed by atoms with Crippen LogP contribution < -0.4 is 5.32 Å². The Labute approximate surface area is 162 Å². The summed E-state index contributed by atoms with van der Waals surface area (Å²) >= 11 is 5.85. The number of carbonyl (C=O) groups excluding carboxylic acids is 2. The molecule has 0 saturated carbocycles. The zero-order valence-electron chi connectivity index (χ0n) is 14.7. The van der Waals surface area contributed by atoms with Crippen LogP contribution in [-0.2, 0) is 9.59 Å². The van der Waals surface area contributed by atoms with Crippen LogP contribution >= 0.6 is 11.6 Å². The number of rotatable bonds is 4. The lowest BCUT2D eigenvalue weighted by molar-refractivity contribution is -0.130. The van der Waals surface area contributed by atoms with Gasteiger partial charge in [-0.25, -0.2) is 4.39 Å². The van der Waals surface area contributed by atoms with Crippen molar-refractivity contribution in [3.63, 3.8) is 0 Å². The fourth-order valence-corrected chi connectivity index (χ4v) is 3.20. The number of hydrogen-bond donors (Lipinski definition) is 1. The van der Waals surface area contributed by atoms with E-state index in [4.69, 9.17) is 11.6 Å². The van der Waals surface area contributed by atoms with Gasteiger partial charge in [0.15, 0.2) is 0 Å². The van der Waals surface area contributed by atoms with Crippen LogP contribution in [0, 0.1) is 11.7 Å². The number of anilines is 1. The highest BCUT2D eigenvalue weighted by Gasteiger charge is 2.27. The zero-order chi connectivity index (χ0) is 19.2. The number of hydrogen-bond acceptors (Lipinski definition) is 2. The summed E-state index contributed by atoms with van der Waals surface area (Å²) in [6.45, 7) is 0.988. The molecule has 2 amide bonds. The van der Waals surface area contributed by atoms with E-state index >= 15 is 0 Å². The van der Waals surface area contributed by atoms with Crippen LogP contribution in [0.1, 0.15) is 18.4 Å². The maximum Gasteiger partial charge on any atom is 0.246 e. The van der Waals surface area contributed by atoms with E-state index in [2.05, 4.69) is 5.32 Å². The predicted octanol–water partition coefficient (Wildman–Crippen LogP) is 4.37. The molecule has 0 aliphatic carbocycles. The molecule has 6 heteroatoms. The molecule has 2 aromatic rings. The molecule has 1 fully saturated rings. The van der Waals surface area contributed by atoms with Gasteiger partial charge in [0.2, 0.25) is 11.8 Å². The molecule has 0 spiro atoms. The Morgan fingerprint density at radius 2 is 1.81 bits per heavy atom. The fourth-order valence-electron chi connectivity index (χ4n) is 3.03. The quantitative estimate of drug-likeness (QED) is 0.793.